The fraction of sp³-hybridized carbons (Fsp3) is 0.293. The molecule has 6 rings (SSSR count). The molecule has 0 saturated heterocycles. The standard InChI is InChI=1S/C31H29.C5H5.C5H10.2ClH.Ti/c1-18-11-20(3)30(21(4)12-18)26-9-7-24-15-25-8-10-27(17-29(25)28(24)16-26)31-22(5)13-19(2)14-23(31)6;1-2-4-5-3-1;1-3-5-4-2;;;/h7,9-14,16-17H,15H2,1-6H3;1-3H,4H2;3-4H2,1-2H3;2*1H;/q2*-1;;;;+2/p-2. The first-order chi connectivity index (χ1) is 20.1. The molecular weight excluding hydrogens is 611 g/mol. The van der Waals surface area contributed by atoms with E-state index < -0.39 is 0 Å². The van der Waals surface area contributed by atoms with Crippen LogP contribution in [-0.4, -0.2) is 3.81 Å². The molecule has 0 radical (unpaired) electrons. The monoisotopic (exact) mass is 654 g/mol. The minimum Gasteiger partial charge on any atom is -1.00 e. The number of aryl methyl sites for hydroxylation is 6. The molecule has 0 aliphatic heterocycles. The summed E-state index contributed by atoms with van der Waals surface area (Å²) in [5.41, 5.74) is 18.8. The molecule has 0 atom stereocenters. The molecule has 2 aliphatic rings. The van der Waals surface area contributed by atoms with E-state index in [1.807, 2.05) is 12.2 Å². The van der Waals surface area contributed by atoms with Gasteiger partial charge in [0.2, 0.25) is 0 Å². The van der Waals surface area contributed by atoms with E-state index >= 15 is 0 Å². The van der Waals surface area contributed by atoms with Gasteiger partial charge in [-0.25, -0.2) is 12.2 Å². The quantitative estimate of drug-likeness (QED) is 0.187. The van der Waals surface area contributed by atoms with Gasteiger partial charge in [-0.05, 0) is 70.2 Å². The summed E-state index contributed by atoms with van der Waals surface area (Å²) in [7, 11) is 0. The largest absolute Gasteiger partial charge is 1.00 e. The van der Waals surface area contributed by atoms with Gasteiger partial charge < -0.3 is 24.8 Å². The Morgan fingerprint density at radius 2 is 1.23 bits per heavy atom. The summed E-state index contributed by atoms with van der Waals surface area (Å²) >= 11 is 2.19. The van der Waals surface area contributed by atoms with Crippen molar-refractivity contribution in [1.82, 2.24) is 0 Å². The van der Waals surface area contributed by atoms with E-state index in [2.05, 4.69) is 148 Å². The van der Waals surface area contributed by atoms with Crippen molar-refractivity contribution in [3.63, 3.8) is 0 Å². The smallest absolute Gasteiger partial charge is 0.0125 e. The van der Waals surface area contributed by atoms with Crippen molar-refractivity contribution in [1.29, 1.82) is 0 Å². The first-order valence-electron chi connectivity index (χ1n) is 15.2. The van der Waals surface area contributed by atoms with Crippen LogP contribution in [0, 0.1) is 53.7 Å². The Kier molecular flexibility index (Phi) is 14.8. The summed E-state index contributed by atoms with van der Waals surface area (Å²) < 4.78 is 1.59. The van der Waals surface area contributed by atoms with Gasteiger partial charge in [0.05, 0.1) is 0 Å². The third-order valence-corrected chi connectivity index (χ3v) is 9.27. The van der Waals surface area contributed by atoms with Gasteiger partial charge in [-0.3, -0.25) is 6.08 Å². The zero-order chi connectivity index (χ0) is 30.4. The summed E-state index contributed by atoms with van der Waals surface area (Å²) in [5.74, 6) is 0. The van der Waals surface area contributed by atoms with Crippen LogP contribution < -0.4 is 24.8 Å². The zero-order valence-corrected chi connectivity index (χ0v) is 30.6. The maximum Gasteiger partial charge on any atom is -0.0125 e. The van der Waals surface area contributed by atoms with Crippen molar-refractivity contribution in [2.24, 2.45) is 0 Å². The van der Waals surface area contributed by atoms with Gasteiger partial charge in [0, 0.05) is 0 Å². The van der Waals surface area contributed by atoms with Gasteiger partial charge in [-0.2, -0.15) is 29.8 Å². The normalized spacial score (nSPS) is 11.7. The average Bonchev–Trinajstić information content (AvgIpc) is 3.64. The number of fused-ring (bicyclic) bond motifs is 3. The van der Waals surface area contributed by atoms with E-state index in [0.29, 0.717) is 0 Å². The maximum atomic E-state index is 3.62. The van der Waals surface area contributed by atoms with Gasteiger partial charge in [-0.1, -0.05) is 81.4 Å². The summed E-state index contributed by atoms with van der Waals surface area (Å²) in [6.45, 7) is 17.6. The predicted molar refractivity (Wildman–Crippen MR) is 180 cm³/mol. The molecule has 0 amide bonds. The molecule has 4 aromatic rings. The predicted octanol–water partition coefficient (Wildman–Crippen LogP) is 5.08. The Morgan fingerprint density at radius 1 is 0.705 bits per heavy atom. The van der Waals surface area contributed by atoms with Crippen LogP contribution in [0.2, 0.25) is 0 Å². The summed E-state index contributed by atoms with van der Waals surface area (Å²) in [4.78, 5) is 0. The van der Waals surface area contributed by atoms with Crippen LogP contribution >= 0.6 is 0 Å². The van der Waals surface area contributed by atoms with Crippen LogP contribution in [0.25, 0.3) is 33.4 Å². The van der Waals surface area contributed by atoms with E-state index in [-0.39, 0.29) is 24.8 Å². The molecule has 2 aliphatic carbocycles. The van der Waals surface area contributed by atoms with Gasteiger partial charge in [0.25, 0.3) is 0 Å². The molecule has 0 spiro atoms. The Labute approximate surface area is 290 Å². The molecule has 0 aromatic heterocycles. The maximum absolute atomic E-state index is 3.62. The first-order valence-corrected chi connectivity index (χ1v) is 16.0. The molecule has 4 aromatic carbocycles. The first kappa shape index (κ1) is 37.7. The third-order valence-electron chi connectivity index (χ3n) is 8.16. The van der Waals surface area contributed by atoms with Crippen LogP contribution in [0.5, 0.6) is 0 Å². The topological polar surface area (TPSA) is 0 Å². The molecule has 0 heterocycles. The van der Waals surface area contributed by atoms with Crippen LogP contribution in [0.4, 0.5) is 0 Å². The van der Waals surface area contributed by atoms with E-state index in [0.717, 1.165) is 12.8 Å². The molecule has 3 heteroatoms. The number of benzene rings is 4. The second kappa shape index (κ2) is 17.3. The Balaban J connectivity index is 0.000000443. The van der Waals surface area contributed by atoms with E-state index in [1.165, 1.54) is 90.7 Å². The Hall–Kier alpha value is -2.48. The average molecular weight is 656 g/mol. The molecule has 0 fully saturated rings. The molecule has 0 nitrogen and oxygen atoms in total. The van der Waals surface area contributed by atoms with Gasteiger partial charge in [-0.15, -0.1) is 17.5 Å². The van der Waals surface area contributed by atoms with E-state index in [9.17, 15) is 0 Å². The van der Waals surface area contributed by atoms with E-state index in [4.69, 9.17) is 0 Å². The number of allylic oxidation sites excluding steroid dienone is 4. The van der Waals surface area contributed by atoms with Crippen molar-refractivity contribution in [2.75, 3.05) is 0 Å². The molecule has 0 bridgehead atoms. The number of halogens is 2. The minimum atomic E-state index is 0. The fourth-order valence-electron chi connectivity index (χ4n) is 6.25. The summed E-state index contributed by atoms with van der Waals surface area (Å²) in [6, 6.07) is 24.4. The second-order valence-corrected chi connectivity index (χ2v) is 12.8. The number of hydrogen-bond donors (Lipinski definition) is 0. The number of rotatable bonds is 4. The van der Waals surface area contributed by atoms with Crippen molar-refractivity contribution in [3.05, 3.63) is 129 Å². The third kappa shape index (κ3) is 9.05. The van der Waals surface area contributed by atoms with Crippen molar-refractivity contribution in [3.8, 4) is 33.4 Å². The van der Waals surface area contributed by atoms with Crippen LogP contribution in [0.15, 0.2) is 72.8 Å². The molecule has 228 valence electrons. The zero-order valence-electron chi connectivity index (χ0n) is 27.5. The van der Waals surface area contributed by atoms with Crippen LogP contribution in [0.3, 0.4) is 0 Å². The molecule has 44 heavy (non-hydrogen) atoms. The van der Waals surface area contributed by atoms with Gasteiger partial charge >= 0.3 is 50.5 Å². The van der Waals surface area contributed by atoms with Crippen molar-refractivity contribution >= 4 is 3.81 Å². The van der Waals surface area contributed by atoms with Crippen LogP contribution in [0.1, 0.15) is 77.6 Å². The molecular formula is C41H44Cl2Ti-2. The van der Waals surface area contributed by atoms with Crippen molar-refractivity contribution in [2.45, 2.75) is 81.1 Å². The SMILES string of the molecule is CC[C](=[Ti+2])CC.Cc1cc(C)c(-c2c[c-]c3c(c2)-c2cc(-c4c(C)cc(C)cc4C)ccc2C3)c(C)c1.[C-]1=CC=CC1.[Cl-].[Cl-]. The van der Waals surface area contributed by atoms with Crippen LogP contribution in [-0.2, 0) is 26.4 Å². The number of hydrogen-bond acceptors (Lipinski definition) is 0. The van der Waals surface area contributed by atoms with Gasteiger partial charge in [0.15, 0.2) is 0 Å². The second-order valence-electron chi connectivity index (χ2n) is 11.7. The Morgan fingerprint density at radius 3 is 1.66 bits per heavy atom. The summed E-state index contributed by atoms with van der Waals surface area (Å²) in [5, 5.41) is 0. The fourth-order valence-corrected chi connectivity index (χ4v) is 6.25. The molecule has 0 N–H and O–H groups in total. The Bertz CT molecular complexity index is 1510. The summed E-state index contributed by atoms with van der Waals surface area (Å²) in [6.07, 6.45) is 13.5. The minimum absolute atomic E-state index is 0. The van der Waals surface area contributed by atoms with Gasteiger partial charge in [0.1, 0.15) is 0 Å². The van der Waals surface area contributed by atoms with E-state index in [1.54, 1.807) is 3.81 Å². The van der Waals surface area contributed by atoms with Crippen molar-refractivity contribution < 1.29 is 44.8 Å². The molecule has 0 saturated carbocycles. The molecule has 0 unspecified atom stereocenters.